The van der Waals surface area contributed by atoms with Gasteiger partial charge < -0.3 is 5.32 Å². The van der Waals surface area contributed by atoms with Crippen LogP contribution >= 0.6 is 11.3 Å². The Bertz CT molecular complexity index is 249. The predicted octanol–water partition coefficient (Wildman–Crippen LogP) is 3.45. The molecular weight excluding hydrogens is 204 g/mol. The van der Waals surface area contributed by atoms with Crippen LogP contribution in [-0.2, 0) is 6.54 Å². The summed E-state index contributed by atoms with van der Waals surface area (Å²) in [6.07, 6.45) is 3.89. The molecule has 3 heteroatoms. The lowest BCUT2D eigenvalue weighted by atomic mass is 9.90. The Hall–Kier alpha value is -0.410. The highest BCUT2D eigenvalue weighted by atomic mass is 32.1. The second-order valence-electron chi connectivity index (χ2n) is 5.17. The van der Waals surface area contributed by atoms with Gasteiger partial charge >= 0.3 is 0 Å². The second-order valence-corrected chi connectivity index (χ2v) is 5.89. The van der Waals surface area contributed by atoms with E-state index in [1.54, 1.807) is 11.3 Å². The van der Waals surface area contributed by atoms with Crippen LogP contribution in [0.5, 0.6) is 0 Å². The second kappa shape index (κ2) is 6.23. The monoisotopic (exact) mass is 226 g/mol. The van der Waals surface area contributed by atoms with E-state index in [-0.39, 0.29) is 0 Å². The topological polar surface area (TPSA) is 24.9 Å². The number of aromatic nitrogens is 1. The molecule has 0 fully saturated rings. The first-order valence-electron chi connectivity index (χ1n) is 5.66. The molecule has 1 aromatic heterocycles. The van der Waals surface area contributed by atoms with Crippen LogP contribution in [0.1, 0.15) is 45.7 Å². The van der Waals surface area contributed by atoms with Crippen molar-refractivity contribution in [2.24, 2.45) is 5.41 Å². The van der Waals surface area contributed by atoms with E-state index in [1.165, 1.54) is 19.3 Å². The highest BCUT2D eigenvalue weighted by molar-refractivity contribution is 7.07. The summed E-state index contributed by atoms with van der Waals surface area (Å²) in [5.74, 6) is 0. The molecule has 1 aromatic rings. The van der Waals surface area contributed by atoms with Crippen molar-refractivity contribution in [2.45, 2.75) is 46.6 Å². The van der Waals surface area contributed by atoms with Crippen molar-refractivity contribution in [1.82, 2.24) is 10.3 Å². The Kier molecular flexibility index (Phi) is 5.26. The van der Waals surface area contributed by atoms with E-state index in [4.69, 9.17) is 0 Å². The van der Waals surface area contributed by atoms with E-state index in [1.807, 2.05) is 5.51 Å². The molecule has 2 nitrogen and oxygen atoms in total. The van der Waals surface area contributed by atoms with Crippen molar-refractivity contribution in [3.05, 3.63) is 16.6 Å². The SMILES string of the molecule is CC(C)(C)CCCCNCc1cscn1. The quantitative estimate of drug-likeness (QED) is 0.752. The van der Waals surface area contributed by atoms with Crippen molar-refractivity contribution >= 4 is 11.3 Å². The summed E-state index contributed by atoms with van der Waals surface area (Å²) < 4.78 is 0. The first-order valence-corrected chi connectivity index (χ1v) is 6.60. The summed E-state index contributed by atoms with van der Waals surface area (Å²) >= 11 is 1.66. The third-order valence-electron chi connectivity index (χ3n) is 2.32. The van der Waals surface area contributed by atoms with Gasteiger partial charge in [0, 0.05) is 11.9 Å². The fraction of sp³-hybridized carbons (Fsp3) is 0.750. The first-order chi connectivity index (χ1) is 7.08. The first kappa shape index (κ1) is 12.7. The number of hydrogen-bond acceptors (Lipinski definition) is 3. The molecule has 0 saturated carbocycles. The lowest BCUT2D eigenvalue weighted by molar-refractivity contribution is 0.358. The molecule has 1 N–H and O–H groups in total. The predicted molar refractivity (Wildman–Crippen MR) is 67.1 cm³/mol. The molecule has 0 amide bonds. The minimum absolute atomic E-state index is 0.481. The molecular formula is C12H22N2S. The molecule has 0 saturated heterocycles. The highest BCUT2D eigenvalue weighted by Crippen LogP contribution is 2.21. The zero-order chi connectivity index (χ0) is 11.1. The highest BCUT2D eigenvalue weighted by Gasteiger charge is 2.08. The Morgan fingerprint density at radius 3 is 2.73 bits per heavy atom. The number of nitrogens with one attached hydrogen (secondary N) is 1. The number of rotatable bonds is 6. The Labute approximate surface area is 97.1 Å². The Balaban J connectivity index is 1.94. The minimum Gasteiger partial charge on any atom is -0.311 e. The van der Waals surface area contributed by atoms with Crippen molar-refractivity contribution in [3.63, 3.8) is 0 Å². The Morgan fingerprint density at radius 2 is 2.13 bits per heavy atom. The van der Waals surface area contributed by atoms with Gasteiger partial charge in [0.2, 0.25) is 0 Å². The van der Waals surface area contributed by atoms with Gasteiger partial charge in [-0.15, -0.1) is 11.3 Å². The largest absolute Gasteiger partial charge is 0.311 e. The molecule has 0 atom stereocenters. The molecule has 0 aliphatic heterocycles. The maximum absolute atomic E-state index is 4.23. The molecule has 0 bridgehead atoms. The summed E-state index contributed by atoms with van der Waals surface area (Å²) in [7, 11) is 0. The number of unbranched alkanes of at least 4 members (excludes halogenated alkanes) is 1. The van der Waals surface area contributed by atoms with Gasteiger partial charge in [-0.25, -0.2) is 4.98 Å². The molecule has 0 spiro atoms. The molecule has 1 heterocycles. The molecule has 15 heavy (non-hydrogen) atoms. The van der Waals surface area contributed by atoms with Crippen LogP contribution in [0.4, 0.5) is 0 Å². The van der Waals surface area contributed by atoms with E-state index in [9.17, 15) is 0 Å². The molecule has 0 aromatic carbocycles. The zero-order valence-corrected chi connectivity index (χ0v) is 10.9. The van der Waals surface area contributed by atoms with Crippen LogP contribution in [0, 0.1) is 5.41 Å². The van der Waals surface area contributed by atoms with Gasteiger partial charge in [-0.3, -0.25) is 0 Å². The molecule has 1 rings (SSSR count). The van der Waals surface area contributed by atoms with Crippen molar-refractivity contribution in [1.29, 1.82) is 0 Å². The van der Waals surface area contributed by atoms with Crippen LogP contribution in [0.3, 0.4) is 0 Å². The zero-order valence-electron chi connectivity index (χ0n) is 10.0. The van der Waals surface area contributed by atoms with Gasteiger partial charge in [0.05, 0.1) is 11.2 Å². The molecule has 0 unspecified atom stereocenters. The number of thiazole rings is 1. The van der Waals surface area contributed by atoms with Crippen molar-refractivity contribution < 1.29 is 0 Å². The summed E-state index contributed by atoms with van der Waals surface area (Å²) in [4.78, 5) is 4.23. The van der Waals surface area contributed by atoms with Crippen molar-refractivity contribution in [2.75, 3.05) is 6.54 Å². The molecule has 86 valence electrons. The maximum Gasteiger partial charge on any atom is 0.0795 e. The fourth-order valence-electron chi connectivity index (χ4n) is 1.45. The van der Waals surface area contributed by atoms with Gasteiger partial charge in [-0.1, -0.05) is 27.2 Å². The average Bonchev–Trinajstić information content (AvgIpc) is 2.61. The fourth-order valence-corrected chi connectivity index (χ4v) is 2.01. The van der Waals surface area contributed by atoms with E-state index >= 15 is 0 Å². The summed E-state index contributed by atoms with van der Waals surface area (Å²) in [6, 6.07) is 0. The third-order valence-corrected chi connectivity index (χ3v) is 2.96. The van der Waals surface area contributed by atoms with E-state index in [0.717, 1.165) is 18.8 Å². The number of nitrogens with zero attached hydrogens (tertiary/aromatic N) is 1. The van der Waals surface area contributed by atoms with E-state index in [0.29, 0.717) is 5.41 Å². The Morgan fingerprint density at radius 1 is 1.33 bits per heavy atom. The molecule has 0 aliphatic carbocycles. The van der Waals surface area contributed by atoms with Gasteiger partial charge in [-0.2, -0.15) is 0 Å². The average molecular weight is 226 g/mol. The summed E-state index contributed by atoms with van der Waals surface area (Å²) in [6.45, 7) is 8.92. The molecule has 0 aliphatic rings. The van der Waals surface area contributed by atoms with Gasteiger partial charge in [0.1, 0.15) is 0 Å². The van der Waals surface area contributed by atoms with Gasteiger partial charge in [0.15, 0.2) is 0 Å². The van der Waals surface area contributed by atoms with Crippen LogP contribution in [0.15, 0.2) is 10.9 Å². The van der Waals surface area contributed by atoms with Crippen molar-refractivity contribution in [3.8, 4) is 0 Å². The van der Waals surface area contributed by atoms with Crippen LogP contribution in [0.25, 0.3) is 0 Å². The van der Waals surface area contributed by atoms with Crippen LogP contribution < -0.4 is 5.32 Å². The normalized spacial score (nSPS) is 11.9. The van der Waals surface area contributed by atoms with E-state index < -0.39 is 0 Å². The maximum atomic E-state index is 4.23. The minimum atomic E-state index is 0.481. The van der Waals surface area contributed by atoms with E-state index in [2.05, 4.69) is 36.5 Å². The number of hydrogen-bond donors (Lipinski definition) is 1. The lowest BCUT2D eigenvalue weighted by Gasteiger charge is -2.17. The van der Waals surface area contributed by atoms with Crippen LogP contribution in [0.2, 0.25) is 0 Å². The van der Waals surface area contributed by atoms with Gasteiger partial charge in [-0.05, 0) is 24.8 Å². The summed E-state index contributed by atoms with van der Waals surface area (Å²) in [5.41, 5.74) is 3.53. The van der Waals surface area contributed by atoms with Crippen LogP contribution in [-0.4, -0.2) is 11.5 Å². The smallest absolute Gasteiger partial charge is 0.0795 e. The van der Waals surface area contributed by atoms with Gasteiger partial charge in [0.25, 0.3) is 0 Å². The third kappa shape index (κ3) is 6.63. The lowest BCUT2D eigenvalue weighted by Crippen LogP contribution is -2.15. The molecule has 0 radical (unpaired) electrons. The summed E-state index contributed by atoms with van der Waals surface area (Å²) in [5, 5.41) is 5.52. The standard InChI is InChI=1S/C12H22N2S/c1-12(2,3)6-4-5-7-13-8-11-9-15-10-14-11/h9-10,13H,4-8H2,1-3H3.